The second-order valence-corrected chi connectivity index (χ2v) is 10.6. The van der Waals surface area contributed by atoms with Crippen molar-refractivity contribution in [3.63, 3.8) is 0 Å². The number of ether oxygens (including phenoxy) is 2. The first-order valence-corrected chi connectivity index (χ1v) is 12.9. The number of hydrogen-bond donors (Lipinski definition) is 0. The van der Waals surface area contributed by atoms with E-state index in [0.717, 1.165) is 25.7 Å². The maximum absolute atomic E-state index is 13.8. The van der Waals surface area contributed by atoms with E-state index in [1.54, 1.807) is 0 Å². The van der Waals surface area contributed by atoms with Crippen LogP contribution in [0.15, 0.2) is 36.8 Å². The number of hydrogen-bond acceptors (Lipinski definition) is 7. The maximum atomic E-state index is 13.8. The molecule has 10 nitrogen and oxygen atoms in total. The molecule has 0 saturated carbocycles. The van der Waals surface area contributed by atoms with Crippen molar-refractivity contribution >= 4 is 17.7 Å². The fraction of sp³-hybridized carbons (Fsp3) is 0.593. The van der Waals surface area contributed by atoms with Crippen molar-refractivity contribution in [2.75, 3.05) is 13.7 Å². The first-order chi connectivity index (χ1) is 17.5. The number of benzene rings is 1. The van der Waals surface area contributed by atoms with Crippen LogP contribution in [0.5, 0.6) is 5.75 Å². The van der Waals surface area contributed by atoms with E-state index in [-0.39, 0.29) is 23.7 Å². The molecule has 1 saturated heterocycles. The Morgan fingerprint density at radius 1 is 1.19 bits per heavy atom. The fourth-order valence-corrected chi connectivity index (χ4v) is 4.66. The highest BCUT2D eigenvalue weighted by Gasteiger charge is 2.44. The number of unbranched alkanes of at least 4 members (excludes halogenated alkanes) is 3. The molecule has 1 amide bonds. The van der Waals surface area contributed by atoms with Crippen molar-refractivity contribution in [2.45, 2.75) is 89.8 Å². The standard InChI is InChI=1S/C27H38N4O6/c1-6-7-8-9-10-22(29-17-24(28-18-29)31(34)35)25(32)30-16-21(15-23(30)26(33)36-5)37-20-13-11-19(12-14-20)27(2,3)4/h11-14,17-18,21-23H,6-10,15-16H2,1-5H3/t21-,22+,23-/m0/s1. The monoisotopic (exact) mass is 514 g/mol. The van der Waals surface area contributed by atoms with Crippen LogP contribution in [-0.4, -0.2) is 57.1 Å². The maximum Gasteiger partial charge on any atom is 0.381 e. The second-order valence-electron chi connectivity index (χ2n) is 10.6. The first-order valence-electron chi connectivity index (χ1n) is 12.9. The highest BCUT2D eigenvalue weighted by atomic mass is 16.6. The summed E-state index contributed by atoms with van der Waals surface area (Å²) < 4.78 is 12.7. The normalized spacial score (nSPS) is 18.5. The van der Waals surface area contributed by atoms with Gasteiger partial charge >= 0.3 is 11.8 Å². The molecule has 2 aromatic rings. The molecular weight excluding hydrogens is 476 g/mol. The van der Waals surface area contributed by atoms with Gasteiger partial charge < -0.3 is 24.5 Å². The van der Waals surface area contributed by atoms with E-state index in [9.17, 15) is 19.7 Å². The average molecular weight is 515 g/mol. The smallest absolute Gasteiger partial charge is 0.381 e. The summed E-state index contributed by atoms with van der Waals surface area (Å²) in [5.41, 5.74) is 1.19. The van der Waals surface area contributed by atoms with Gasteiger partial charge in [0.2, 0.25) is 12.2 Å². The van der Waals surface area contributed by atoms with Crippen molar-refractivity contribution in [2.24, 2.45) is 0 Å². The summed E-state index contributed by atoms with van der Waals surface area (Å²) >= 11 is 0. The van der Waals surface area contributed by atoms with Gasteiger partial charge in [0.15, 0.2) is 0 Å². The number of aromatic nitrogens is 2. The lowest BCUT2D eigenvalue weighted by atomic mass is 9.87. The van der Waals surface area contributed by atoms with Crippen molar-refractivity contribution in [3.05, 3.63) is 52.5 Å². The zero-order valence-corrected chi connectivity index (χ0v) is 22.4. The number of carbonyl (C=O) groups is 2. The Labute approximate surface area is 218 Å². The molecule has 1 aromatic heterocycles. The predicted octanol–water partition coefficient (Wildman–Crippen LogP) is 4.82. The Hall–Kier alpha value is -3.43. The minimum Gasteiger partial charge on any atom is -0.488 e. The van der Waals surface area contributed by atoms with Gasteiger partial charge in [-0.1, -0.05) is 65.5 Å². The zero-order chi connectivity index (χ0) is 27.2. The average Bonchev–Trinajstić information content (AvgIpc) is 3.51. The molecule has 202 valence electrons. The number of imidazole rings is 1. The molecule has 1 fully saturated rings. The summed E-state index contributed by atoms with van der Waals surface area (Å²) in [6.07, 6.45) is 6.76. The molecule has 0 N–H and O–H groups in total. The molecule has 1 aromatic carbocycles. The van der Waals surface area contributed by atoms with Gasteiger partial charge in [0, 0.05) is 6.42 Å². The Morgan fingerprint density at radius 2 is 1.89 bits per heavy atom. The minimum absolute atomic E-state index is 0.0135. The molecule has 3 atom stereocenters. The number of carbonyl (C=O) groups excluding carboxylic acids is 2. The molecule has 10 heteroatoms. The highest BCUT2D eigenvalue weighted by Crippen LogP contribution is 2.30. The number of rotatable bonds is 11. The Kier molecular flexibility index (Phi) is 9.29. The minimum atomic E-state index is -0.798. The molecule has 3 rings (SSSR count). The largest absolute Gasteiger partial charge is 0.488 e. The van der Waals surface area contributed by atoms with E-state index < -0.39 is 29.1 Å². The SMILES string of the molecule is CCCCCC[C@H](C(=O)N1C[C@@H](Oc2ccc(C(C)(C)C)cc2)C[C@H]1C(=O)OC)n1cnc([N+](=O)[O-])c1. The van der Waals surface area contributed by atoms with Gasteiger partial charge in [0.05, 0.1) is 13.7 Å². The Balaban J connectivity index is 1.81. The number of methoxy groups -OCH3 is 1. The molecule has 1 aliphatic heterocycles. The fourth-order valence-electron chi connectivity index (χ4n) is 4.66. The van der Waals surface area contributed by atoms with Gasteiger partial charge in [0.25, 0.3) is 0 Å². The third kappa shape index (κ3) is 7.08. The molecule has 1 aliphatic rings. The van der Waals surface area contributed by atoms with E-state index in [1.165, 1.54) is 34.7 Å². The Bertz CT molecular complexity index is 1080. The van der Waals surface area contributed by atoms with Crippen LogP contribution in [0.1, 0.15) is 77.8 Å². The van der Waals surface area contributed by atoms with E-state index in [0.29, 0.717) is 18.6 Å². The molecule has 0 unspecified atom stereocenters. The lowest BCUT2D eigenvalue weighted by Gasteiger charge is -2.27. The van der Waals surface area contributed by atoms with E-state index in [1.807, 2.05) is 24.3 Å². The summed E-state index contributed by atoms with van der Waals surface area (Å²) in [5, 5.41) is 11.2. The topological polar surface area (TPSA) is 117 Å². The van der Waals surface area contributed by atoms with Gasteiger partial charge in [-0.2, -0.15) is 0 Å². The van der Waals surface area contributed by atoms with Crippen LogP contribution in [0, 0.1) is 10.1 Å². The van der Waals surface area contributed by atoms with Gasteiger partial charge in [-0.15, -0.1) is 0 Å². The second kappa shape index (κ2) is 12.2. The van der Waals surface area contributed by atoms with Gasteiger partial charge in [-0.25, -0.2) is 4.79 Å². The highest BCUT2D eigenvalue weighted by molar-refractivity contribution is 5.87. The summed E-state index contributed by atoms with van der Waals surface area (Å²) in [7, 11) is 1.30. The van der Waals surface area contributed by atoms with Gasteiger partial charge in [-0.3, -0.25) is 9.36 Å². The number of amides is 1. The lowest BCUT2D eigenvalue weighted by molar-refractivity contribution is -0.389. The van der Waals surface area contributed by atoms with Crippen LogP contribution < -0.4 is 4.74 Å². The molecule has 37 heavy (non-hydrogen) atoms. The summed E-state index contributed by atoms with van der Waals surface area (Å²) in [5.74, 6) is -0.466. The van der Waals surface area contributed by atoms with Crippen molar-refractivity contribution < 1.29 is 24.0 Å². The van der Waals surface area contributed by atoms with Crippen LogP contribution in [0.3, 0.4) is 0 Å². The van der Waals surface area contributed by atoms with Crippen molar-refractivity contribution in [3.8, 4) is 5.75 Å². The quantitative estimate of drug-likeness (QED) is 0.183. The molecule has 0 radical (unpaired) electrons. The molecular formula is C27H38N4O6. The number of nitrogens with zero attached hydrogens (tertiary/aromatic N) is 4. The third-order valence-corrected chi connectivity index (χ3v) is 6.79. The van der Waals surface area contributed by atoms with Gasteiger partial charge in [0.1, 0.15) is 30.1 Å². The molecule has 0 aliphatic carbocycles. The van der Waals surface area contributed by atoms with Crippen LogP contribution in [0.4, 0.5) is 5.82 Å². The predicted molar refractivity (Wildman–Crippen MR) is 138 cm³/mol. The summed E-state index contributed by atoms with van der Waals surface area (Å²) in [6.45, 7) is 8.72. The number of nitro groups is 1. The van der Waals surface area contributed by atoms with Crippen LogP contribution in [0.25, 0.3) is 0 Å². The zero-order valence-electron chi connectivity index (χ0n) is 22.4. The lowest BCUT2D eigenvalue weighted by Crippen LogP contribution is -2.44. The summed E-state index contributed by atoms with van der Waals surface area (Å²) in [6, 6.07) is 6.33. The van der Waals surface area contributed by atoms with Crippen molar-refractivity contribution in [1.29, 1.82) is 0 Å². The van der Waals surface area contributed by atoms with Crippen LogP contribution in [0.2, 0.25) is 0 Å². The van der Waals surface area contributed by atoms with Crippen LogP contribution in [-0.2, 0) is 19.7 Å². The Morgan fingerprint density at radius 3 is 2.46 bits per heavy atom. The van der Waals surface area contributed by atoms with E-state index in [4.69, 9.17) is 9.47 Å². The molecule has 0 bridgehead atoms. The molecule has 0 spiro atoms. The van der Waals surface area contributed by atoms with Gasteiger partial charge in [-0.05, 0) is 39.4 Å². The van der Waals surface area contributed by atoms with E-state index in [2.05, 4.69) is 32.7 Å². The first kappa shape index (κ1) is 28.1. The summed E-state index contributed by atoms with van der Waals surface area (Å²) in [4.78, 5) is 42.4. The number of esters is 1. The molecule has 2 heterocycles. The van der Waals surface area contributed by atoms with E-state index >= 15 is 0 Å². The van der Waals surface area contributed by atoms with Crippen molar-refractivity contribution in [1.82, 2.24) is 14.5 Å². The third-order valence-electron chi connectivity index (χ3n) is 6.79. The number of likely N-dealkylation sites (tertiary alicyclic amines) is 1. The van der Waals surface area contributed by atoms with Crippen LogP contribution >= 0.6 is 0 Å².